The highest BCUT2D eigenvalue weighted by atomic mass is 79.9. The summed E-state index contributed by atoms with van der Waals surface area (Å²) in [5.41, 5.74) is 1.04. The fraction of sp³-hybridized carbons (Fsp3) is 0.300. The number of carbonyl (C=O) groups is 1. The van der Waals surface area contributed by atoms with Crippen LogP contribution in [-0.2, 0) is 9.53 Å². The van der Waals surface area contributed by atoms with Gasteiger partial charge in [-0.3, -0.25) is 5.32 Å². The number of hydrogen-bond acceptors (Lipinski definition) is 3. The van der Waals surface area contributed by atoms with Crippen molar-refractivity contribution in [2.24, 2.45) is 0 Å². The molecule has 1 saturated heterocycles. The molecule has 1 aliphatic heterocycles. The Morgan fingerprint density at radius 2 is 2.14 bits per heavy atom. The second-order valence-electron chi connectivity index (χ2n) is 3.17. The van der Waals surface area contributed by atoms with E-state index in [2.05, 4.69) is 21.2 Å². The highest BCUT2D eigenvalue weighted by Crippen LogP contribution is 2.21. The van der Waals surface area contributed by atoms with E-state index in [-0.39, 0.29) is 12.3 Å². The lowest BCUT2D eigenvalue weighted by molar-refractivity contribution is -0.109. The second-order valence-corrected chi connectivity index (χ2v) is 4.09. The second kappa shape index (κ2) is 4.21. The van der Waals surface area contributed by atoms with Gasteiger partial charge in [0.2, 0.25) is 0 Å². The molecular weight excluding hydrogens is 246 g/mol. The van der Waals surface area contributed by atoms with Gasteiger partial charge in [-0.2, -0.15) is 0 Å². The third-order valence-corrected chi connectivity index (χ3v) is 2.67. The summed E-state index contributed by atoms with van der Waals surface area (Å²) in [4.78, 5) is 10.5. The van der Waals surface area contributed by atoms with Gasteiger partial charge in [-0.05, 0) is 17.7 Å². The van der Waals surface area contributed by atoms with E-state index in [1.165, 1.54) is 0 Å². The molecule has 14 heavy (non-hydrogen) atoms. The van der Waals surface area contributed by atoms with Crippen LogP contribution in [0.4, 0.5) is 0 Å². The molecule has 2 rings (SSSR count). The molecule has 3 nitrogen and oxygen atoms in total. The molecule has 0 aromatic heterocycles. The molecule has 1 heterocycles. The Hall–Kier alpha value is -0.710. The molecule has 74 valence electrons. The molecule has 4 heteroatoms. The van der Waals surface area contributed by atoms with Crippen LogP contribution in [0, 0.1) is 0 Å². The van der Waals surface area contributed by atoms with Gasteiger partial charge in [0.1, 0.15) is 12.5 Å². The van der Waals surface area contributed by atoms with E-state index in [4.69, 9.17) is 4.74 Å². The van der Waals surface area contributed by atoms with Gasteiger partial charge in [-0.25, -0.2) is 0 Å². The molecule has 1 fully saturated rings. The van der Waals surface area contributed by atoms with Gasteiger partial charge in [-0.15, -0.1) is 0 Å². The third-order valence-electron chi connectivity index (χ3n) is 2.14. The van der Waals surface area contributed by atoms with Gasteiger partial charge >= 0.3 is 0 Å². The first-order valence-electron chi connectivity index (χ1n) is 4.38. The Balaban J connectivity index is 2.09. The average Bonchev–Trinajstić information content (AvgIpc) is 2.67. The maximum Gasteiger partial charge on any atom is 0.139 e. The minimum atomic E-state index is -0.177. The van der Waals surface area contributed by atoms with Gasteiger partial charge in [0, 0.05) is 4.47 Å². The van der Waals surface area contributed by atoms with E-state index in [1.807, 2.05) is 24.3 Å². The van der Waals surface area contributed by atoms with Crippen molar-refractivity contribution in [3.63, 3.8) is 0 Å². The van der Waals surface area contributed by atoms with E-state index in [1.54, 1.807) is 0 Å². The van der Waals surface area contributed by atoms with E-state index < -0.39 is 0 Å². The molecular formula is C10H10BrNO2. The molecule has 2 unspecified atom stereocenters. The first kappa shape index (κ1) is 9.83. The van der Waals surface area contributed by atoms with Crippen molar-refractivity contribution in [2.45, 2.75) is 12.3 Å². The quantitative estimate of drug-likeness (QED) is 0.817. The molecule has 1 N–H and O–H groups in total. The van der Waals surface area contributed by atoms with E-state index >= 15 is 0 Å². The number of benzene rings is 1. The number of ether oxygens (including phenoxy) is 1. The maximum absolute atomic E-state index is 10.5. The smallest absolute Gasteiger partial charge is 0.139 e. The summed E-state index contributed by atoms with van der Waals surface area (Å²) in [6, 6.07) is 7.66. The molecule has 0 radical (unpaired) electrons. The Morgan fingerprint density at radius 3 is 2.71 bits per heavy atom. The van der Waals surface area contributed by atoms with Crippen molar-refractivity contribution in [3.8, 4) is 0 Å². The summed E-state index contributed by atoms with van der Waals surface area (Å²) in [6.45, 7) is 0.449. The van der Waals surface area contributed by atoms with Crippen LogP contribution in [0.15, 0.2) is 28.7 Å². The number of hydrogen-bond donors (Lipinski definition) is 1. The lowest BCUT2D eigenvalue weighted by atomic mass is 10.2. The zero-order chi connectivity index (χ0) is 9.97. The Morgan fingerprint density at radius 1 is 1.43 bits per heavy atom. The average molecular weight is 256 g/mol. The number of rotatable bonds is 2. The van der Waals surface area contributed by atoms with Crippen LogP contribution >= 0.6 is 15.9 Å². The van der Waals surface area contributed by atoms with Gasteiger partial charge in [-0.1, -0.05) is 28.1 Å². The van der Waals surface area contributed by atoms with Gasteiger partial charge in [0.25, 0.3) is 0 Å². The SMILES string of the molecule is O=CC1COC(c2ccc(Br)cc2)N1. The number of carbonyl (C=O) groups excluding carboxylic acids is 1. The summed E-state index contributed by atoms with van der Waals surface area (Å²) < 4.78 is 6.46. The number of halogens is 1. The van der Waals surface area contributed by atoms with Gasteiger partial charge < -0.3 is 9.53 Å². The topological polar surface area (TPSA) is 38.3 Å². The molecule has 1 aliphatic rings. The third kappa shape index (κ3) is 2.03. The van der Waals surface area contributed by atoms with E-state index in [9.17, 15) is 4.79 Å². The molecule has 1 aromatic rings. The maximum atomic E-state index is 10.5. The van der Waals surface area contributed by atoms with Crippen LogP contribution in [0.3, 0.4) is 0 Å². The summed E-state index contributed by atoms with van der Waals surface area (Å²) in [5, 5.41) is 3.07. The van der Waals surface area contributed by atoms with Crippen LogP contribution in [0.5, 0.6) is 0 Å². The van der Waals surface area contributed by atoms with Crippen molar-refractivity contribution >= 4 is 22.2 Å². The molecule has 1 aromatic carbocycles. The standard InChI is InChI=1S/C10H10BrNO2/c11-8-3-1-7(2-4-8)10-12-9(5-13)6-14-10/h1-5,9-10,12H,6H2. The molecule has 0 bridgehead atoms. The van der Waals surface area contributed by atoms with Gasteiger partial charge in [0.05, 0.1) is 12.6 Å². The largest absolute Gasteiger partial charge is 0.357 e. The highest BCUT2D eigenvalue weighted by molar-refractivity contribution is 9.10. The fourth-order valence-electron chi connectivity index (χ4n) is 1.40. The predicted molar refractivity (Wildman–Crippen MR) is 55.8 cm³/mol. The minimum Gasteiger partial charge on any atom is -0.357 e. The van der Waals surface area contributed by atoms with Crippen LogP contribution in [0.2, 0.25) is 0 Å². The van der Waals surface area contributed by atoms with E-state index in [0.29, 0.717) is 6.61 Å². The molecule has 0 spiro atoms. The first-order valence-corrected chi connectivity index (χ1v) is 5.17. The lowest BCUT2D eigenvalue weighted by Crippen LogP contribution is -2.26. The summed E-state index contributed by atoms with van der Waals surface area (Å²) in [6.07, 6.45) is 0.720. The fourth-order valence-corrected chi connectivity index (χ4v) is 1.66. The van der Waals surface area contributed by atoms with Crippen molar-refractivity contribution in [1.29, 1.82) is 0 Å². The molecule has 0 amide bonds. The molecule has 2 atom stereocenters. The Bertz CT molecular complexity index is 325. The number of nitrogens with one attached hydrogen (secondary N) is 1. The van der Waals surface area contributed by atoms with E-state index in [0.717, 1.165) is 16.3 Å². The van der Waals surface area contributed by atoms with Crippen molar-refractivity contribution in [1.82, 2.24) is 5.32 Å². The summed E-state index contributed by atoms with van der Waals surface area (Å²) >= 11 is 3.36. The first-order chi connectivity index (χ1) is 6.79. The Kier molecular flexibility index (Phi) is 2.96. The lowest BCUT2D eigenvalue weighted by Gasteiger charge is -2.10. The molecule has 0 aliphatic carbocycles. The van der Waals surface area contributed by atoms with Crippen molar-refractivity contribution in [2.75, 3.05) is 6.61 Å². The van der Waals surface area contributed by atoms with Crippen molar-refractivity contribution in [3.05, 3.63) is 34.3 Å². The van der Waals surface area contributed by atoms with Crippen LogP contribution in [0.1, 0.15) is 11.8 Å². The number of aldehydes is 1. The summed E-state index contributed by atoms with van der Waals surface area (Å²) in [7, 11) is 0. The van der Waals surface area contributed by atoms with Crippen LogP contribution in [0.25, 0.3) is 0 Å². The normalized spacial score (nSPS) is 26.4. The Labute approximate surface area is 90.6 Å². The highest BCUT2D eigenvalue weighted by Gasteiger charge is 2.24. The van der Waals surface area contributed by atoms with Crippen molar-refractivity contribution < 1.29 is 9.53 Å². The minimum absolute atomic E-state index is 0.154. The van der Waals surface area contributed by atoms with Crippen LogP contribution < -0.4 is 5.32 Å². The zero-order valence-electron chi connectivity index (χ0n) is 7.44. The molecule has 0 saturated carbocycles. The zero-order valence-corrected chi connectivity index (χ0v) is 9.03. The predicted octanol–water partition coefficient (Wildman–Crippen LogP) is 1.64. The van der Waals surface area contributed by atoms with Gasteiger partial charge in [0.15, 0.2) is 0 Å². The monoisotopic (exact) mass is 255 g/mol. The summed E-state index contributed by atoms with van der Waals surface area (Å²) in [5.74, 6) is 0. The van der Waals surface area contributed by atoms with Crippen LogP contribution in [-0.4, -0.2) is 18.9 Å².